The van der Waals surface area contributed by atoms with Gasteiger partial charge in [-0.1, -0.05) is 12.6 Å². The van der Waals surface area contributed by atoms with Crippen LogP contribution in [0.1, 0.15) is 5.56 Å². The molecule has 0 bridgehead atoms. The topological polar surface area (TPSA) is 103 Å². The second kappa shape index (κ2) is 9.97. The molecule has 0 saturated carbocycles. The first-order chi connectivity index (χ1) is 17.8. The van der Waals surface area contributed by atoms with Crippen molar-refractivity contribution in [2.75, 3.05) is 47.1 Å². The van der Waals surface area contributed by atoms with Crippen LogP contribution in [0, 0.1) is 0 Å². The Balaban J connectivity index is 1.39. The lowest BCUT2D eigenvalue weighted by molar-refractivity contribution is -0.137. The average molecular weight is 512 g/mol. The first kappa shape index (κ1) is 24.4. The number of halogens is 3. The Morgan fingerprint density at radius 2 is 1.97 bits per heavy atom. The van der Waals surface area contributed by atoms with Crippen LogP contribution >= 0.6 is 0 Å². The molecule has 1 saturated heterocycles. The number of amides is 1. The summed E-state index contributed by atoms with van der Waals surface area (Å²) in [5.74, 6) is -0.215. The number of hydrogen-bond donors (Lipinski definition) is 4. The molecule has 1 fully saturated rings. The minimum Gasteiger partial charge on any atom is -0.489 e. The third-order valence-corrected chi connectivity index (χ3v) is 5.98. The molecule has 12 heteroatoms. The second-order valence-corrected chi connectivity index (χ2v) is 8.52. The molecule has 0 radical (unpaired) electrons. The highest BCUT2D eigenvalue weighted by atomic mass is 19.4. The first-order valence-corrected chi connectivity index (χ1v) is 11.6. The van der Waals surface area contributed by atoms with Crippen LogP contribution in [0.2, 0.25) is 0 Å². The zero-order valence-electron chi connectivity index (χ0n) is 19.6. The number of carbonyl (C=O) groups is 1. The lowest BCUT2D eigenvalue weighted by Gasteiger charge is -2.42. The Bertz CT molecular complexity index is 1330. The van der Waals surface area contributed by atoms with Crippen LogP contribution in [0.15, 0.2) is 61.3 Å². The quantitative estimate of drug-likeness (QED) is 0.364. The summed E-state index contributed by atoms with van der Waals surface area (Å²) in [6.07, 6.45) is -2.87. The van der Waals surface area contributed by atoms with Crippen molar-refractivity contribution in [2.24, 2.45) is 0 Å². The van der Waals surface area contributed by atoms with Crippen LogP contribution in [0.3, 0.4) is 0 Å². The molecular formula is C25H24F3N7O2. The molecule has 1 atom stereocenters. The highest BCUT2D eigenvalue weighted by molar-refractivity contribution is 5.99. The van der Waals surface area contributed by atoms with Crippen LogP contribution < -0.4 is 30.9 Å². The van der Waals surface area contributed by atoms with Crippen molar-refractivity contribution >= 4 is 40.4 Å². The zero-order chi connectivity index (χ0) is 26.0. The molecule has 1 unspecified atom stereocenters. The average Bonchev–Trinajstić information content (AvgIpc) is 2.88. The normalized spacial score (nSPS) is 16.6. The number of piperazine rings is 1. The summed E-state index contributed by atoms with van der Waals surface area (Å²) in [5.41, 5.74) is 1.20. The largest absolute Gasteiger partial charge is 0.489 e. The molecule has 4 N–H and O–H groups in total. The monoisotopic (exact) mass is 511 g/mol. The van der Waals surface area contributed by atoms with E-state index < -0.39 is 23.5 Å². The number of fused-ring (bicyclic) bond motifs is 3. The third-order valence-electron chi connectivity index (χ3n) is 5.98. The van der Waals surface area contributed by atoms with E-state index in [0.717, 1.165) is 37.6 Å². The Morgan fingerprint density at radius 3 is 2.78 bits per heavy atom. The van der Waals surface area contributed by atoms with E-state index in [0.29, 0.717) is 29.4 Å². The lowest BCUT2D eigenvalue weighted by Crippen LogP contribution is -2.55. The highest BCUT2D eigenvalue weighted by Crippen LogP contribution is 2.38. The SMILES string of the molecule is C=CC(=O)Nc1cccc(Nc2nc(Nc3ccc4c(c3)OCC3CNCCN43)ncc2C(F)(F)F)c1. The van der Waals surface area contributed by atoms with Crippen LogP contribution in [-0.2, 0) is 11.0 Å². The number of anilines is 6. The van der Waals surface area contributed by atoms with E-state index >= 15 is 0 Å². The minimum absolute atomic E-state index is 0.0255. The standard InChI is InChI=1S/C25H24F3N7O2/c1-2-22(36)31-15-4-3-5-16(10-15)32-23-19(25(26,27)28)13-30-24(34-23)33-17-6-7-20-21(11-17)37-14-18-12-29-8-9-35(18)20/h2-7,10-11,13,18,29H,1,8-9,12,14H2,(H,31,36)(H2,30,32,33,34). The van der Waals surface area contributed by atoms with Gasteiger partial charge in [0.05, 0.1) is 11.7 Å². The molecule has 37 heavy (non-hydrogen) atoms. The molecular weight excluding hydrogens is 487 g/mol. The fraction of sp³-hybridized carbons (Fsp3) is 0.240. The van der Waals surface area contributed by atoms with Gasteiger partial charge >= 0.3 is 6.18 Å². The van der Waals surface area contributed by atoms with Gasteiger partial charge in [-0.15, -0.1) is 0 Å². The van der Waals surface area contributed by atoms with Gasteiger partial charge in [0, 0.05) is 49.0 Å². The number of nitrogens with zero attached hydrogens (tertiary/aromatic N) is 3. The van der Waals surface area contributed by atoms with Crippen LogP contribution in [0.5, 0.6) is 5.75 Å². The van der Waals surface area contributed by atoms with Crippen molar-refractivity contribution in [3.05, 3.63) is 66.9 Å². The molecule has 0 aliphatic carbocycles. The number of carbonyl (C=O) groups excluding carboxylic acids is 1. The number of ether oxygens (including phenoxy) is 1. The molecule has 0 spiro atoms. The fourth-order valence-corrected chi connectivity index (χ4v) is 4.24. The number of hydrogen-bond acceptors (Lipinski definition) is 8. The van der Waals surface area contributed by atoms with Crippen molar-refractivity contribution in [3.8, 4) is 5.75 Å². The van der Waals surface area contributed by atoms with Crippen LogP contribution in [0.25, 0.3) is 0 Å². The van der Waals surface area contributed by atoms with Crippen LogP contribution in [-0.4, -0.2) is 48.2 Å². The molecule has 3 heterocycles. The van der Waals surface area contributed by atoms with Crippen LogP contribution in [0.4, 0.5) is 47.7 Å². The Kier molecular flexibility index (Phi) is 6.57. The number of alkyl halides is 3. The van der Waals surface area contributed by atoms with Gasteiger partial charge in [0.1, 0.15) is 23.7 Å². The van der Waals surface area contributed by atoms with Gasteiger partial charge in [-0.2, -0.15) is 18.2 Å². The van der Waals surface area contributed by atoms with E-state index in [1.54, 1.807) is 24.3 Å². The molecule has 1 aromatic heterocycles. The van der Waals surface area contributed by atoms with Crippen molar-refractivity contribution < 1.29 is 22.7 Å². The molecule has 192 valence electrons. The molecule has 1 amide bonds. The summed E-state index contributed by atoms with van der Waals surface area (Å²) in [4.78, 5) is 21.8. The van der Waals surface area contributed by atoms with Crippen molar-refractivity contribution in [1.29, 1.82) is 0 Å². The van der Waals surface area contributed by atoms with E-state index in [1.165, 1.54) is 6.07 Å². The van der Waals surface area contributed by atoms with Gasteiger partial charge < -0.3 is 30.9 Å². The van der Waals surface area contributed by atoms with Gasteiger partial charge in [-0.3, -0.25) is 4.79 Å². The Labute approximate surface area is 210 Å². The van der Waals surface area contributed by atoms with E-state index in [2.05, 4.69) is 42.7 Å². The van der Waals surface area contributed by atoms with E-state index in [4.69, 9.17) is 4.74 Å². The van der Waals surface area contributed by atoms with Crippen molar-refractivity contribution in [1.82, 2.24) is 15.3 Å². The smallest absolute Gasteiger partial charge is 0.421 e. The predicted octanol–water partition coefficient (Wildman–Crippen LogP) is 4.28. The van der Waals surface area contributed by atoms with Gasteiger partial charge in [0.15, 0.2) is 0 Å². The maximum Gasteiger partial charge on any atom is 0.421 e. The number of benzene rings is 2. The van der Waals surface area contributed by atoms with Crippen molar-refractivity contribution in [3.63, 3.8) is 0 Å². The predicted molar refractivity (Wildman–Crippen MR) is 135 cm³/mol. The number of rotatable bonds is 6. The molecule has 2 aliphatic rings. The maximum absolute atomic E-state index is 13.7. The molecule has 2 aromatic carbocycles. The molecule has 2 aliphatic heterocycles. The van der Waals surface area contributed by atoms with Gasteiger partial charge in [0.25, 0.3) is 0 Å². The van der Waals surface area contributed by atoms with Gasteiger partial charge in [-0.05, 0) is 36.4 Å². The molecule has 9 nitrogen and oxygen atoms in total. The number of aromatic nitrogens is 2. The van der Waals surface area contributed by atoms with E-state index in [9.17, 15) is 18.0 Å². The molecule has 5 rings (SSSR count). The van der Waals surface area contributed by atoms with Gasteiger partial charge in [-0.25, -0.2) is 4.98 Å². The summed E-state index contributed by atoms with van der Waals surface area (Å²) in [5, 5.41) is 11.6. The summed E-state index contributed by atoms with van der Waals surface area (Å²) < 4.78 is 47.0. The first-order valence-electron chi connectivity index (χ1n) is 11.6. The second-order valence-electron chi connectivity index (χ2n) is 8.52. The fourth-order valence-electron chi connectivity index (χ4n) is 4.24. The Hall–Kier alpha value is -4.32. The van der Waals surface area contributed by atoms with Gasteiger partial charge in [0.2, 0.25) is 11.9 Å². The highest BCUT2D eigenvalue weighted by Gasteiger charge is 2.35. The van der Waals surface area contributed by atoms with Crippen molar-refractivity contribution in [2.45, 2.75) is 12.2 Å². The minimum atomic E-state index is -4.69. The zero-order valence-corrected chi connectivity index (χ0v) is 19.6. The summed E-state index contributed by atoms with van der Waals surface area (Å²) >= 11 is 0. The van der Waals surface area contributed by atoms with E-state index in [-0.39, 0.29) is 12.0 Å². The lowest BCUT2D eigenvalue weighted by atomic mass is 10.1. The summed E-state index contributed by atoms with van der Waals surface area (Å²) in [7, 11) is 0. The maximum atomic E-state index is 13.7. The summed E-state index contributed by atoms with van der Waals surface area (Å²) in [6.45, 7) is 6.52. The number of nitrogens with one attached hydrogen (secondary N) is 4. The Morgan fingerprint density at radius 1 is 1.16 bits per heavy atom. The van der Waals surface area contributed by atoms with E-state index in [1.807, 2.05) is 12.1 Å². The molecule has 3 aromatic rings. The third kappa shape index (κ3) is 5.43. The summed E-state index contributed by atoms with van der Waals surface area (Å²) in [6, 6.07) is 12.0.